The molecule has 1 heteroatoms. The zero-order valence-electron chi connectivity index (χ0n) is 47.5. The lowest BCUT2D eigenvalue weighted by atomic mass is 9.70. The summed E-state index contributed by atoms with van der Waals surface area (Å²) in [5.41, 5.74) is 33.2. The van der Waals surface area contributed by atoms with E-state index in [1.807, 2.05) is 0 Å². The van der Waals surface area contributed by atoms with E-state index in [1.165, 1.54) is 134 Å². The second kappa shape index (κ2) is 18.7. The van der Waals surface area contributed by atoms with E-state index in [9.17, 15) is 0 Å². The Hall–Kier alpha value is -9.56. The maximum Gasteiger partial charge on any atom is 0.0726 e. The van der Waals surface area contributed by atoms with Crippen molar-refractivity contribution in [3.8, 4) is 66.8 Å². The van der Waals surface area contributed by atoms with Crippen molar-refractivity contribution in [2.24, 2.45) is 0 Å². The summed E-state index contributed by atoms with van der Waals surface area (Å²) in [7, 11) is 0. The molecule has 0 fully saturated rings. The lowest BCUT2D eigenvalue weighted by Crippen LogP contribution is -2.26. The number of fused-ring (bicyclic) bond motifs is 16. The van der Waals surface area contributed by atoms with E-state index in [0.717, 1.165) is 24.2 Å². The molecule has 396 valence electrons. The lowest BCUT2D eigenvalue weighted by molar-refractivity contribution is 0.652. The van der Waals surface area contributed by atoms with Gasteiger partial charge in [0.05, 0.1) is 16.8 Å². The van der Waals surface area contributed by atoms with Gasteiger partial charge in [-0.1, -0.05) is 282 Å². The molecule has 0 amide bonds. The van der Waals surface area contributed by atoms with Gasteiger partial charge < -0.3 is 4.90 Å². The molecule has 1 nitrogen and oxygen atoms in total. The van der Waals surface area contributed by atoms with Gasteiger partial charge in [-0.2, -0.15) is 0 Å². The van der Waals surface area contributed by atoms with Crippen LogP contribution in [0.25, 0.3) is 66.8 Å². The summed E-state index contributed by atoms with van der Waals surface area (Å²) in [5, 5.41) is 0. The van der Waals surface area contributed by atoms with Gasteiger partial charge in [-0.25, -0.2) is 0 Å². The van der Waals surface area contributed by atoms with Crippen molar-refractivity contribution in [2.45, 2.75) is 62.7 Å². The molecule has 16 rings (SSSR count). The van der Waals surface area contributed by atoms with Gasteiger partial charge in [0, 0.05) is 27.6 Å². The highest BCUT2D eigenvalue weighted by Gasteiger charge is 2.53. The Morgan fingerprint density at radius 1 is 0.301 bits per heavy atom. The summed E-state index contributed by atoms with van der Waals surface area (Å²) in [6.45, 7) is 9.60. The molecular weight excluding hydrogens is 999 g/mol. The van der Waals surface area contributed by atoms with Crippen molar-refractivity contribution in [2.75, 3.05) is 4.90 Å². The van der Waals surface area contributed by atoms with Gasteiger partial charge in [0.15, 0.2) is 0 Å². The summed E-state index contributed by atoms with van der Waals surface area (Å²) >= 11 is 0. The van der Waals surface area contributed by atoms with Crippen molar-refractivity contribution in [3.05, 3.63) is 340 Å². The fourth-order valence-corrected chi connectivity index (χ4v) is 15.9. The third-order valence-electron chi connectivity index (χ3n) is 19.6. The first kappa shape index (κ1) is 49.3. The van der Waals surface area contributed by atoms with E-state index in [-0.39, 0.29) is 16.7 Å². The van der Waals surface area contributed by atoms with Gasteiger partial charge in [0.2, 0.25) is 0 Å². The third-order valence-corrected chi connectivity index (χ3v) is 19.6. The van der Waals surface area contributed by atoms with Gasteiger partial charge in [-0.05, 0) is 160 Å². The summed E-state index contributed by atoms with van der Waals surface area (Å²) in [4.78, 5) is 2.59. The number of rotatable bonds is 10. The van der Waals surface area contributed by atoms with Gasteiger partial charge in [-0.3, -0.25) is 0 Å². The first-order valence-electron chi connectivity index (χ1n) is 29.7. The number of anilines is 3. The van der Waals surface area contributed by atoms with Crippen LogP contribution >= 0.6 is 0 Å². The van der Waals surface area contributed by atoms with Crippen LogP contribution in [0.1, 0.15) is 94.8 Å². The molecule has 0 heterocycles. The monoisotopic (exact) mass is 1060 g/mol. The number of hydrogen-bond donors (Lipinski definition) is 0. The molecule has 2 atom stereocenters. The molecule has 83 heavy (non-hydrogen) atoms. The van der Waals surface area contributed by atoms with Crippen molar-refractivity contribution < 1.29 is 0 Å². The average Bonchev–Trinajstić information content (AvgIpc) is 1.64. The van der Waals surface area contributed by atoms with Crippen LogP contribution in [-0.2, 0) is 29.1 Å². The Morgan fingerprint density at radius 2 is 0.747 bits per heavy atom. The Kier molecular flexibility index (Phi) is 11.1. The molecule has 0 aromatic heterocycles. The first-order chi connectivity index (χ1) is 40.7. The van der Waals surface area contributed by atoms with E-state index >= 15 is 0 Å². The summed E-state index contributed by atoms with van der Waals surface area (Å²) in [6.07, 6.45) is 1.78. The SMILES string of the molecule is CC1(C)c2ccccc2-c2ccc(CC(Cc3ccccc3-c3ccccc3)c3cccc4c3-c3ccccc3C43c4ccccc4-c4c(N(c5ccc6c(c5)C(C)(C)c5ccccc5-6)c5ccccc5-c5ccccc5)cccc43)cc21. The molecule has 0 bridgehead atoms. The summed E-state index contributed by atoms with van der Waals surface area (Å²) in [6, 6.07) is 106. The minimum absolute atomic E-state index is 0.0963. The lowest BCUT2D eigenvalue weighted by Gasteiger charge is -2.33. The largest absolute Gasteiger partial charge is 0.309 e. The van der Waals surface area contributed by atoms with Crippen molar-refractivity contribution in [1.82, 2.24) is 0 Å². The molecule has 12 aromatic rings. The number of hydrogen-bond acceptors (Lipinski definition) is 1. The molecular formula is C82H63N. The highest BCUT2D eigenvalue weighted by Crippen LogP contribution is 2.66. The van der Waals surface area contributed by atoms with Crippen molar-refractivity contribution in [3.63, 3.8) is 0 Å². The highest BCUT2D eigenvalue weighted by atomic mass is 15.1. The maximum atomic E-state index is 2.59. The van der Waals surface area contributed by atoms with Crippen LogP contribution in [0.3, 0.4) is 0 Å². The molecule has 4 aliphatic carbocycles. The van der Waals surface area contributed by atoms with Gasteiger partial charge >= 0.3 is 0 Å². The molecule has 0 aliphatic heterocycles. The minimum atomic E-state index is -0.591. The minimum Gasteiger partial charge on any atom is -0.309 e. The second-order valence-electron chi connectivity index (χ2n) is 24.6. The van der Waals surface area contributed by atoms with Crippen LogP contribution < -0.4 is 4.90 Å². The first-order valence-corrected chi connectivity index (χ1v) is 29.7. The van der Waals surface area contributed by atoms with Gasteiger partial charge in [0.25, 0.3) is 0 Å². The average molecular weight is 1060 g/mol. The highest BCUT2D eigenvalue weighted by molar-refractivity contribution is 6.03. The Labute approximate surface area is 488 Å². The normalized spacial score (nSPS) is 16.0. The van der Waals surface area contributed by atoms with Crippen LogP contribution in [0.5, 0.6) is 0 Å². The second-order valence-corrected chi connectivity index (χ2v) is 24.6. The van der Waals surface area contributed by atoms with Gasteiger partial charge in [0.1, 0.15) is 0 Å². The zero-order chi connectivity index (χ0) is 55.6. The third kappa shape index (κ3) is 7.26. The fraction of sp³-hybridized carbons (Fsp3) is 0.122. The molecule has 4 aliphatic rings. The van der Waals surface area contributed by atoms with Crippen LogP contribution in [-0.4, -0.2) is 0 Å². The van der Waals surface area contributed by atoms with E-state index < -0.39 is 5.41 Å². The molecule has 0 radical (unpaired) electrons. The summed E-state index contributed by atoms with van der Waals surface area (Å²) in [5.74, 6) is 0.144. The fourth-order valence-electron chi connectivity index (χ4n) is 15.9. The summed E-state index contributed by atoms with van der Waals surface area (Å²) < 4.78 is 0. The number of para-hydroxylation sites is 1. The van der Waals surface area contributed by atoms with E-state index in [2.05, 4.69) is 312 Å². The molecule has 0 saturated carbocycles. The molecule has 2 unspecified atom stereocenters. The maximum absolute atomic E-state index is 2.59. The zero-order valence-corrected chi connectivity index (χ0v) is 47.5. The van der Waals surface area contributed by atoms with Crippen LogP contribution in [0.4, 0.5) is 17.1 Å². The van der Waals surface area contributed by atoms with E-state index in [1.54, 1.807) is 0 Å². The Balaban J connectivity index is 0.917. The Bertz CT molecular complexity index is 4580. The smallest absolute Gasteiger partial charge is 0.0726 e. The predicted octanol–water partition coefficient (Wildman–Crippen LogP) is 21.0. The Morgan fingerprint density at radius 3 is 1.40 bits per heavy atom. The van der Waals surface area contributed by atoms with Gasteiger partial charge in [-0.15, -0.1) is 0 Å². The van der Waals surface area contributed by atoms with Crippen LogP contribution in [0.15, 0.2) is 279 Å². The molecule has 0 saturated heterocycles. The van der Waals surface area contributed by atoms with Crippen molar-refractivity contribution >= 4 is 17.1 Å². The molecule has 0 N–H and O–H groups in total. The molecule has 12 aromatic carbocycles. The predicted molar refractivity (Wildman–Crippen MR) is 346 cm³/mol. The van der Waals surface area contributed by atoms with Crippen LogP contribution in [0.2, 0.25) is 0 Å². The standard InChI is InChI=1S/C82H63N/c1-80(2)68-37-18-13-32-62(68)64-47-45-53(50-74(64)80)49-57(51-56-29-11-12-30-59(56)54-25-7-5-8-26-54)61-36-23-41-72-78(61)66-34-15-20-39-70(66)82(72)71-40-21-16-35-67(71)79-73(82)42-24-44-77(79)83(76-43-22-17-31-60(76)55-27-9-6-10-28-55)58-46-48-65-63-33-14-19-38-69(63)81(3,4)75(65)52-58/h5-48,50,52,57H,49,51H2,1-4H3. The topological polar surface area (TPSA) is 3.24 Å². The van der Waals surface area contributed by atoms with E-state index in [0.29, 0.717) is 0 Å². The number of nitrogens with zero attached hydrogens (tertiary/aromatic N) is 1. The van der Waals surface area contributed by atoms with E-state index in [4.69, 9.17) is 0 Å². The quantitative estimate of drug-likeness (QED) is 0.132. The molecule has 1 spiro atoms. The van der Waals surface area contributed by atoms with Crippen molar-refractivity contribution in [1.29, 1.82) is 0 Å². The number of benzene rings is 12. The van der Waals surface area contributed by atoms with Crippen LogP contribution in [0, 0.1) is 0 Å².